The highest BCUT2D eigenvalue weighted by molar-refractivity contribution is 5.65. The molecule has 0 spiro atoms. The number of rotatable bonds is 17. The average molecular weight is 449 g/mol. The molecule has 0 bridgehead atoms. The summed E-state index contributed by atoms with van der Waals surface area (Å²) in [4.78, 5) is 10.8. The topological polar surface area (TPSA) is 66.8 Å². The van der Waals surface area contributed by atoms with Gasteiger partial charge in [0.2, 0.25) is 0 Å². The Labute approximate surface area is 196 Å². The minimum atomic E-state index is -1.92. The fraction of sp³-hybridized carbons (Fsp3) is 0.821. The maximum absolute atomic E-state index is 10.8. The van der Waals surface area contributed by atoms with Crippen LogP contribution in [0.5, 0.6) is 0 Å². The highest BCUT2D eigenvalue weighted by Crippen LogP contribution is 2.42. The molecule has 0 aromatic heterocycles. The molecule has 2 aliphatic carbocycles. The van der Waals surface area contributed by atoms with Gasteiger partial charge in [0.25, 0.3) is 0 Å². The van der Waals surface area contributed by atoms with Crippen molar-refractivity contribution in [3.05, 3.63) is 24.3 Å². The van der Waals surface area contributed by atoms with Gasteiger partial charge in [-0.2, -0.15) is 0 Å². The van der Waals surface area contributed by atoms with E-state index in [2.05, 4.69) is 31.2 Å². The van der Waals surface area contributed by atoms with Crippen molar-refractivity contribution in [2.75, 3.05) is 6.61 Å². The zero-order chi connectivity index (χ0) is 23.2. The molecule has 0 radical (unpaired) electrons. The van der Waals surface area contributed by atoms with Crippen LogP contribution >= 0.6 is 0 Å². The molecule has 2 rings (SSSR count). The van der Waals surface area contributed by atoms with E-state index in [0.717, 1.165) is 36.5 Å². The van der Waals surface area contributed by atoms with E-state index < -0.39 is 11.8 Å². The Morgan fingerprint density at radius 2 is 1.88 bits per heavy atom. The standard InChI is InChI=1S/C28H48O4/c1-3-4-5-8-13-25(27-19-20-27)16-12-18-26-17-11-15-24(26)14-9-6-7-10-21-28(30,31)22-32-23(2)29/h6,9,12,18,24-27,30-31H,3-5,7-8,10-11,13-17,19-22H2,1-2H3/t24-,25-,26+/m0/s1. The first-order valence-corrected chi connectivity index (χ1v) is 13.3. The molecule has 0 aromatic rings. The maximum atomic E-state index is 10.8. The normalized spacial score (nSPS) is 22.8. The van der Waals surface area contributed by atoms with Gasteiger partial charge in [-0.05, 0) is 81.5 Å². The molecule has 0 aromatic carbocycles. The molecule has 184 valence electrons. The first kappa shape index (κ1) is 27.1. The van der Waals surface area contributed by atoms with Gasteiger partial charge < -0.3 is 14.9 Å². The molecular formula is C28H48O4. The number of allylic oxidation sites excluding steroid dienone is 4. The van der Waals surface area contributed by atoms with Crippen LogP contribution in [0.25, 0.3) is 0 Å². The summed E-state index contributed by atoms with van der Waals surface area (Å²) >= 11 is 0. The lowest BCUT2D eigenvalue weighted by molar-refractivity contribution is -0.204. The van der Waals surface area contributed by atoms with Crippen LogP contribution in [0.2, 0.25) is 0 Å². The molecule has 3 atom stereocenters. The molecule has 0 unspecified atom stereocenters. The first-order chi connectivity index (χ1) is 15.4. The summed E-state index contributed by atoms with van der Waals surface area (Å²) in [5.74, 6) is 1.00. The predicted molar refractivity (Wildman–Crippen MR) is 131 cm³/mol. The van der Waals surface area contributed by atoms with Gasteiger partial charge >= 0.3 is 5.97 Å². The van der Waals surface area contributed by atoms with Gasteiger partial charge in [-0.25, -0.2) is 0 Å². The molecule has 2 aliphatic rings. The van der Waals surface area contributed by atoms with Crippen molar-refractivity contribution in [2.45, 2.75) is 116 Å². The third-order valence-electron chi connectivity index (χ3n) is 7.32. The molecule has 0 aliphatic heterocycles. The second-order valence-electron chi connectivity index (χ2n) is 10.3. The maximum Gasteiger partial charge on any atom is 0.302 e. The van der Waals surface area contributed by atoms with Crippen LogP contribution in [0.1, 0.15) is 110 Å². The third-order valence-corrected chi connectivity index (χ3v) is 7.32. The highest BCUT2D eigenvalue weighted by atomic mass is 16.6. The first-order valence-electron chi connectivity index (χ1n) is 13.3. The predicted octanol–water partition coefficient (Wildman–Crippen LogP) is 6.71. The number of esters is 1. The Kier molecular flexibility index (Phi) is 12.6. The lowest BCUT2D eigenvalue weighted by atomic mass is 9.89. The molecule has 2 fully saturated rings. The van der Waals surface area contributed by atoms with Crippen molar-refractivity contribution in [2.24, 2.45) is 23.7 Å². The van der Waals surface area contributed by atoms with Crippen molar-refractivity contribution in [1.82, 2.24) is 0 Å². The van der Waals surface area contributed by atoms with Gasteiger partial charge in [-0.3, -0.25) is 4.79 Å². The van der Waals surface area contributed by atoms with Crippen molar-refractivity contribution >= 4 is 5.97 Å². The fourth-order valence-corrected chi connectivity index (χ4v) is 5.17. The second-order valence-corrected chi connectivity index (χ2v) is 10.3. The number of hydrogen-bond acceptors (Lipinski definition) is 4. The molecular weight excluding hydrogens is 400 g/mol. The summed E-state index contributed by atoms with van der Waals surface area (Å²) in [6, 6.07) is 0. The number of ether oxygens (including phenoxy) is 1. The molecule has 0 heterocycles. The monoisotopic (exact) mass is 448 g/mol. The zero-order valence-corrected chi connectivity index (χ0v) is 20.6. The van der Waals surface area contributed by atoms with Crippen molar-refractivity contribution < 1.29 is 19.7 Å². The summed E-state index contributed by atoms with van der Waals surface area (Å²) in [5.41, 5.74) is 0. The number of hydrogen-bond donors (Lipinski definition) is 2. The largest absolute Gasteiger partial charge is 0.460 e. The van der Waals surface area contributed by atoms with Gasteiger partial charge in [0.05, 0.1) is 0 Å². The number of carbonyl (C=O) groups excluding carboxylic acids is 1. The lowest BCUT2D eigenvalue weighted by Gasteiger charge is -2.20. The van der Waals surface area contributed by atoms with E-state index in [0.29, 0.717) is 6.42 Å². The Bertz CT molecular complexity index is 576. The van der Waals surface area contributed by atoms with E-state index in [4.69, 9.17) is 4.74 Å². The zero-order valence-electron chi connectivity index (χ0n) is 20.6. The van der Waals surface area contributed by atoms with Crippen LogP contribution in [0.3, 0.4) is 0 Å². The number of carbonyl (C=O) groups is 1. The molecule has 4 nitrogen and oxygen atoms in total. The molecule has 32 heavy (non-hydrogen) atoms. The van der Waals surface area contributed by atoms with Crippen LogP contribution in [0, 0.1) is 23.7 Å². The van der Waals surface area contributed by atoms with Crippen LogP contribution in [-0.4, -0.2) is 28.6 Å². The van der Waals surface area contributed by atoms with E-state index in [1.165, 1.54) is 77.6 Å². The molecule has 2 N–H and O–H groups in total. The minimum absolute atomic E-state index is 0.208. The molecule has 0 saturated heterocycles. The molecule has 0 amide bonds. The minimum Gasteiger partial charge on any atom is -0.460 e. The van der Waals surface area contributed by atoms with Crippen LogP contribution < -0.4 is 0 Å². The van der Waals surface area contributed by atoms with E-state index >= 15 is 0 Å². The van der Waals surface area contributed by atoms with Crippen molar-refractivity contribution in [1.29, 1.82) is 0 Å². The Hall–Kier alpha value is -1.13. The SMILES string of the molecule is CCCCCC[C@@H](CC=C[C@H]1CCC[C@@H]1CC=CCCCC(O)(O)COC(C)=O)C1CC1. The smallest absolute Gasteiger partial charge is 0.302 e. The van der Waals surface area contributed by atoms with E-state index in [9.17, 15) is 15.0 Å². The van der Waals surface area contributed by atoms with Gasteiger partial charge in [0.1, 0.15) is 6.61 Å². The quantitative estimate of drug-likeness (QED) is 0.112. The summed E-state index contributed by atoms with van der Waals surface area (Å²) in [7, 11) is 0. The fourth-order valence-electron chi connectivity index (χ4n) is 5.17. The van der Waals surface area contributed by atoms with Gasteiger partial charge in [-0.1, -0.05) is 63.3 Å². The van der Waals surface area contributed by atoms with Crippen molar-refractivity contribution in [3.63, 3.8) is 0 Å². The Morgan fingerprint density at radius 1 is 1.06 bits per heavy atom. The Balaban J connectivity index is 1.63. The molecule has 2 saturated carbocycles. The van der Waals surface area contributed by atoms with Crippen molar-refractivity contribution in [3.8, 4) is 0 Å². The van der Waals surface area contributed by atoms with Crippen LogP contribution in [0.4, 0.5) is 0 Å². The summed E-state index contributed by atoms with van der Waals surface area (Å²) in [6.45, 7) is 3.20. The highest BCUT2D eigenvalue weighted by Gasteiger charge is 2.30. The van der Waals surface area contributed by atoms with Gasteiger partial charge in [0.15, 0.2) is 5.79 Å². The summed E-state index contributed by atoms with van der Waals surface area (Å²) < 4.78 is 4.69. The van der Waals surface area contributed by atoms with E-state index in [1.54, 1.807) is 0 Å². The van der Waals surface area contributed by atoms with E-state index in [-0.39, 0.29) is 13.0 Å². The summed E-state index contributed by atoms with van der Waals surface area (Å²) in [5, 5.41) is 19.6. The third kappa shape index (κ3) is 11.7. The average Bonchev–Trinajstić information content (AvgIpc) is 3.50. The Morgan fingerprint density at radius 3 is 2.59 bits per heavy atom. The molecule has 4 heteroatoms. The number of unbranched alkanes of at least 4 members (excludes halogenated alkanes) is 4. The lowest BCUT2D eigenvalue weighted by Crippen LogP contribution is -2.34. The number of aliphatic hydroxyl groups is 2. The van der Waals surface area contributed by atoms with Gasteiger partial charge in [-0.15, -0.1) is 0 Å². The van der Waals surface area contributed by atoms with Crippen LogP contribution in [0.15, 0.2) is 24.3 Å². The van der Waals surface area contributed by atoms with E-state index in [1.807, 2.05) is 0 Å². The van der Waals surface area contributed by atoms with Gasteiger partial charge in [0, 0.05) is 13.3 Å². The van der Waals surface area contributed by atoms with Crippen LogP contribution in [-0.2, 0) is 9.53 Å². The second kappa shape index (κ2) is 14.9. The summed E-state index contributed by atoms with van der Waals surface area (Å²) in [6.07, 6.45) is 27.5.